The molecule has 0 N–H and O–H groups in total. The summed E-state index contributed by atoms with van der Waals surface area (Å²) in [5.74, 6) is 0.575. The minimum absolute atomic E-state index is 0.0502. The van der Waals surface area contributed by atoms with Gasteiger partial charge in [-0.05, 0) is 25.1 Å². The van der Waals surface area contributed by atoms with Crippen LogP contribution in [0.1, 0.15) is 36.5 Å². The molecule has 4 nitrogen and oxygen atoms in total. The Morgan fingerprint density at radius 1 is 1.36 bits per heavy atom. The highest BCUT2D eigenvalue weighted by atomic mass is 35.5. The lowest BCUT2D eigenvalue weighted by Gasteiger charge is -2.44. The molecule has 1 atom stereocenters. The van der Waals surface area contributed by atoms with Gasteiger partial charge in [-0.1, -0.05) is 11.6 Å². The smallest absolute Gasteiger partial charge is 0.240 e. The summed E-state index contributed by atoms with van der Waals surface area (Å²) in [5, 5.41) is 0.00832. The second-order valence-corrected chi connectivity index (χ2v) is 7.06. The maximum Gasteiger partial charge on any atom is 0.240 e. The van der Waals surface area contributed by atoms with Gasteiger partial charge in [0, 0.05) is 31.0 Å². The Balaban J connectivity index is 1.76. The molecule has 118 valence electrons. The second-order valence-electron chi connectivity index (χ2n) is 5.97. The number of Topliss-reactive ketones (excluding diaryl/α,β-unsaturated/α-hetero) is 1. The standard InChI is InChI=1S/C16H17Cl2NO3/c1-10(17)15(21)19-6-4-16(5-7-19)9-13(20)12-8-11(18)2-3-14(12)22-16/h2-3,8,10H,4-7,9H2,1H3. The molecule has 1 amide bonds. The Morgan fingerprint density at radius 3 is 2.68 bits per heavy atom. The summed E-state index contributed by atoms with van der Waals surface area (Å²) in [5.41, 5.74) is 0.0376. The van der Waals surface area contributed by atoms with Crippen LogP contribution < -0.4 is 4.74 Å². The normalized spacial score (nSPS) is 21.2. The van der Waals surface area contributed by atoms with Gasteiger partial charge in [0.15, 0.2) is 5.78 Å². The number of nitrogens with zero attached hydrogens (tertiary/aromatic N) is 1. The lowest BCUT2D eigenvalue weighted by atomic mass is 9.82. The summed E-state index contributed by atoms with van der Waals surface area (Å²) in [7, 11) is 0. The van der Waals surface area contributed by atoms with Crippen LogP contribution in [-0.2, 0) is 4.79 Å². The van der Waals surface area contributed by atoms with Crippen LogP contribution in [0.5, 0.6) is 5.75 Å². The lowest BCUT2D eigenvalue weighted by Crippen LogP contribution is -2.53. The van der Waals surface area contributed by atoms with Crippen LogP contribution in [0.25, 0.3) is 0 Å². The van der Waals surface area contributed by atoms with E-state index in [1.165, 1.54) is 0 Å². The summed E-state index contributed by atoms with van der Waals surface area (Å²) in [6, 6.07) is 5.12. The van der Waals surface area contributed by atoms with Crippen LogP contribution >= 0.6 is 23.2 Å². The maximum atomic E-state index is 12.4. The molecule has 22 heavy (non-hydrogen) atoms. The topological polar surface area (TPSA) is 46.6 Å². The van der Waals surface area contributed by atoms with Crippen molar-refractivity contribution in [3.8, 4) is 5.75 Å². The van der Waals surface area contributed by atoms with E-state index in [0.29, 0.717) is 48.7 Å². The zero-order valence-corrected chi connectivity index (χ0v) is 13.8. The molecule has 0 saturated carbocycles. The molecule has 2 heterocycles. The number of alkyl halides is 1. The molecule has 1 unspecified atom stereocenters. The third-order valence-corrected chi connectivity index (χ3v) is 4.80. The number of hydrogen-bond acceptors (Lipinski definition) is 3. The molecule has 0 bridgehead atoms. The molecule has 0 aliphatic carbocycles. The van der Waals surface area contributed by atoms with Crippen molar-refractivity contribution in [2.75, 3.05) is 13.1 Å². The molecule has 0 aromatic heterocycles. The fraction of sp³-hybridized carbons (Fsp3) is 0.500. The Morgan fingerprint density at radius 2 is 2.05 bits per heavy atom. The van der Waals surface area contributed by atoms with E-state index in [1.807, 2.05) is 0 Å². The number of likely N-dealkylation sites (tertiary alicyclic amines) is 1. The zero-order chi connectivity index (χ0) is 15.9. The number of carbonyl (C=O) groups excluding carboxylic acids is 2. The van der Waals surface area contributed by atoms with Gasteiger partial charge >= 0.3 is 0 Å². The van der Waals surface area contributed by atoms with E-state index >= 15 is 0 Å². The van der Waals surface area contributed by atoms with Gasteiger partial charge < -0.3 is 9.64 Å². The van der Waals surface area contributed by atoms with Gasteiger partial charge in [-0.3, -0.25) is 9.59 Å². The molecule has 1 saturated heterocycles. The van der Waals surface area contributed by atoms with Crippen LogP contribution in [0.2, 0.25) is 5.02 Å². The predicted molar refractivity (Wildman–Crippen MR) is 84.9 cm³/mol. The van der Waals surface area contributed by atoms with E-state index in [9.17, 15) is 9.59 Å². The SMILES string of the molecule is CC(Cl)C(=O)N1CCC2(CC1)CC(=O)c1cc(Cl)ccc1O2. The Hall–Kier alpha value is -1.26. The van der Waals surface area contributed by atoms with E-state index in [4.69, 9.17) is 27.9 Å². The van der Waals surface area contributed by atoms with Gasteiger partial charge in [-0.2, -0.15) is 0 Å². The fourth-order valence-electron chi connectivity index (χ4n) is 3.13. The summed E-state index contributed by atoms with van der Waals surface area (Å²) < 4.78 is 6.12. The minimum Gasteiger partial charge on any atom is -0.486 e. The average molecular weight is 342 g/mol. The van der Waals surface area contributed by atoms with Gasteiger partial charge in [0.1, 0.15) is 16.7 Å². The molecular weight excluding hydrogens is 325 g/mol. The van der Waals surface area contributed by atoms with Crippen molar-refractivity contribution in [3.63, 3.8) is 0 Å². The highest BCUT2D eigenvalue weighted by molar-refractivity contribution is 6.31. The number of piperidine rings is 1. The van der Waals surface area contributed by atoms with Crippen LogP contribution in [0.15, 0.2) is 18.2 Å². The zero-order valence-electron chi connectivity index (χ0n) is 12.3. The first-order valence-corrected chi connectivity index (χ1v) is 8.16. The highest BCUT2D eigenvalue weighted by Crippen LogP contribution is 2.40. The Labute approximate surface area is 139 Å². The lowest BCUT2D eigenvalue weighted by molar-refractivity contribution is -0.134. The maximum absolute atomic E-state index is 12.4. The van der Waals surface area contributed by atoms with Gasteiger partial charge in [-0.15, -0.1) is 11.6 Å². The number of hydrogen-bond donors (Lipinski definition) is 0. The average Bonchev–Trinajstić information content (AvgIpc) is 2.48. The van der Waals surface area contributed by atoms with Gasteiger partial charge in [0.05, 0.1) is 12.0 Å². The van der Waals surface area contributed by atoms with Crippen molar-refractivity contribution < 1.29 is 14.3 Å². The monoisotopic (exact) mass is 341 g/mol. The van der Waals surface area contributed by atoms with Crippen molar-refractivity contribution in [1.29, 1.82) is 0 Å². The molecule has 1 spiro atoms. The quantitative estimate of drug-likeness (QED) is 0.736. The first-order valence-electron chi connectivity index (χ1n) is 7.35. The van der Waals surface area contributed by atoms with Gasteiger partial charge in [-0.25, -0.2) is 0 Å². The molecule has 1 fully saturated rings. The minimum atomic E-state index is -0.522. The van der Waals surface area contributed by atoms with E-state index in [-0.39, 0.29) is 11.7 Å². The highest BCUT2D eigenvalue weighted by Gasteiger charge is 2.43. The first-order chi connectivity index (χ1) is 10.4. The molecule has 3 rings (SSSR count). The van der Waals surface area contributed by atoms with E-state index in [2.05, 4.69) is 0 Å². The molecule has 1 aromatic carbocycles. The van der Waals surface area contributed by atoms with E-state index in [1.54, 1.807) is 30.0 Å². The van der Waals surface area contributed by atoms with Crippen molar-refractivity contribution in [2.45, 2.75) is 37.2 Å². The third kappa shape index (κ3) is 2.82. The predicted octanol–water partition coefficient (Wildman–Crippen LogP) is 3.29. The van der Waals surface area contributed by atoms with Crippen LogP contribution in [0, 0.1) is 0 Å². The van der Waals surface area contributed by atoms with Crippen molar-refractivity contribution in [2.24, 2.45) is 0 Å². The Bertz CT molecular complexity index is 622. The van der Waals surface area contributed by atoms with Crippen LogP contribution in [0.3, 0.4) is 0 Å². The van der Waals surface area contributed by atoms with Gasteiger partial charge in [0.25, 0.3) is 0 Å². The number of fused-ring (bicyclic) bond motifs is 1. The number of amides is 1. The Kier molecular flexibility index (Phi) is 4.08. The van der Waals surface area contributed by atoms with Crippen LogP contribution in [0.4, 0.5) is 0 Å². The number of carbonyl (C=O) groups is 2. The molecule has 6 heteroatoms. The number of halogens is 2. The number of benzene rings is 1. The number of rotatable bonds is 1. The summed E-state index contributed by atoms with van der Waals surface area (Å²) in [4.78, 5) is 26.1. The number of ketones is 1. The van der Waals surface area contributed by atoms with Gasteiger partial charge in [0.2, 0.25) is 5.91 Å². The number of ether oxygens (including phenoxy) is 1. The molecule has 0 radical (unpaired) electrons. The third-order valence-electron chi connectivity index (χ3n) is 4.38. The molecule has 2 aliphatic rings. The first kappa shape index (κ1) is 15.6. The molecule has 2 aliphatic heterocycles. The summed E-state index contributed by atoms with van der Waals surface area (Å²) in [6.45, 7) is 2.80. The van der Waals surface area contributed by atoms with Crippen molar-refractivity contribution in [3.05, 3.63) is 28.8 Å². The largest absolute Gasteiger partial charge is 0.486 e. The summed E-state index contributed by atoms with van der Waals surface area (Å²) in [6.07, 6.45) is 1.60. The van der Waals surface area contributed by atoms with E-state index < -0.39 is 11.0 Å². The van der Waals surface area contributed by atoms with E-state index in [0.717, 1.165) is 0 Å². The second kappa shape index (κ2) is 5.74. The molecular formula is C16H17Cl2NO3. The van der Waals surface area contributed by atoms with Crippen molar-refractivity contribution >= 4 is 34.9 Å². The fourth-order valence-corrected chi connectivity index (χ4v) is 3.44. The summed E-state index contributed by atoms with van der Waals surface area (Å²) >= 11 is 11.8. The molecule has 1 aromatic rings. The van der Waals surface area contributed by atoms with Crippen molar-refractivity contribution in [1.82, 2.24) is 4.90 Å². The van der Waals surface area contributed by atoms with Crippen LogP contribution in [-0.4, -0.2) is 40.7 Å².